The van der Waals surface area contributed by atoms with Crippen molar-refractivity contribution < 1.29 is 4.74 Å². The van der Waals surface area contributed by atoms with Crippen LogP contribution < -0.4 is 15.4 Å². The van der Waals surface area contributed by atoms with E-state index in [1.54, 1.807) is 0 Å². The Morgan fingerprint density at radius 3 is 2.72 bits per heavy atom. The first-order valence-electron chi connectivity index (χ1n) is 6.98. The third-order valence-electron chi connectivity index (χ3n) is 3.63. The molecule has 2 rings (SSSR count). The molecule has 3 heteroatoms. The first kappa shape index (κ1) is 13.1. The van der Waals surface area contributed by atoms with Crippen molar-refractivity contribution in [2.45, 2.75) is 33.1 Å². The minimum Gasteiger partial charge on any atom is -0.491 e. The molecule has 0 saturated carbocycles. The highest BCUT2D eigenvalue weighted by atomic mass is 16.5. The molecule has 0 bridgehead atoms. The average Bonchev–Trinajstić information content (AvgIpc) is 2.39. The van der Waals surface area contributed by atoms with E-state index in [-0.39, 0.29) is 0 Å². The number of nitrogens with two attached hydrogens (primary N) is 1. The van der Waals surface area contributed by atoms with Crippen molar-refractivity contribution in [3.05, 3.63) is 18.2 Å². The Hall–Kier alpha value is -1.38. The number of hydrogen-bond acceptors (Lipinski definition) is 3. The van der Waals surface area contributed by atoms with Crippen LogP contribution in [0.5, 0.6) is 5.75 Å². The summed E-state index contributed by atoms with van der Waals surface area (Å²) in [5, 5.41) is 0. The van der Waals surface area contributed by atoms with Gasteiger partial charge in [-0.05, 0) is 37.3 Å². The minimum atomic E-state index is 0.727. The third kappa shape index (κ3) is 2.89. The fourth-order valence-corrected chi connectivity index (χ4v) is 2.40. The molecule has 1 saturated heterocycles. The van der Waals surface area contributed by atoms with Crippen LogP contribution in [0.15, 0.2) is 18.2 Å². The van der Waals surface area contributed by atoms with Crippen LogP contribution in [-0.4, -0.2) is 19.7 Å². The number of nitrogens with zero attached hydrogens (tertiary/aromatic N) is 1. The predicted molar refractivity (Wildman–Crippen MR) is 77.3 cm³/mol. The summed E-state index contributed by atoms with van der Waals surface area (Å²) in [6, 6.07) is 6.10. The summed E-state index contributed by atoms with van der Waals surface area (Å²) in [5.41, 5.74) is 8.15. The van der Waals surface area contributed by atoms with Gasteiger partial charge in [-0.3, -0.25) is 0 Å². The Kier molecular flexibility index (Phi) is 4.34. The van der Waals surface area contributed by atoms with Crippen LogP contribution in [0.3, 0.4) is 0 Å². The molecule has 1 heterocycles. The molecule has 3 nitrogen and oxygen atoms in total. The molecule has 1 fully saturated rings. The van der Waals surface area contributed by atoms with E-state index < -0.39 is 0 Å². The monoisotopic (exact) mass is 248 g/mol. The highest BCUT2D eigenvalue weighted by Gasteiger charge is 2.18. The van der Waals surface area contributed by atoms with E-state index in [9.17, 15) is 0 Å². The van der Waals surface area contributed by atoms with Gasteiger partial charge >= 0.3 is 0 Å². The Morgan fingerprint density at radius 1 is 1.33 bits per heavy atom. The number of anilines is 2. The maximum Gasteiger partial charge on any atom is 0.144 e. The second kappa shape index (κ2) is 5.98. The largest absolute Gasteiger partial charge is 0.491 e. The van der Waals surface area contributed by atoms with Gasteiger partial charge in [-0.25, -0.2) is 0 Å². The molecule has 0 unspecified atom stereocenters. The summed E-state index contributed by atoms with van der Waals surface area (Å²) in [4.78, 5) is 2.38. The van der Waals surface area contributed by atoms with Gasteiger partial charge in [0.05, 0.1) is 18.0 Å². The molecule has 1 aliphatic heterocycles. The molecule has 0 radical (unpaired) electrons. The molecule has 0 aliphatic carbocycles. The van der Waals surface area contributed by atoms with Crippen LogP contribution >= 0.6 is 0 Å². The minimum absolute atomic E-state index is 0.727. The number of para-hydroxylation sites is 1. The fourth-order valence-electron chi connectivity index (χ4n) is 2.40. The van der Waals surface area contributed by atoms with E-state index in [2.05, 4.69) is 24.8 Å². The van der Waals surface area contributed by atoms with Crippen molar-refractivity contribution in [1.29, 1.82) is 0 Å². The number of piperidine rings is 1. The maximum atomic E-state index is 6.22. The zero-order chi connectivity index (χ0) is 13.0. The van der Waals surface area contributed by atoms with Crippen molar-refractivity contribution in [2.24, 2.45) is 5.92 Å². The quantitative estimate of drug-likeness (QED) is 0.831. The maximum absolute atomic E-state index is 6.22. The van der Waals surface area contributed by atoms with E-state index >= 15 is 0 Å². The Balaban J connectivity index is 2.12. The molecule has 0 atom stereocenters. The molecular weight excluding hydrogens is 224 g/mol. The second-order valence-electron chi connectivity index (χ2n) is 5.21. The van der Waals surface area contributed by atoms with Crippen LogP contribution in [0, 0.1) is 5.92 Å². The number of benzene rings is 1. The molecule has 1 aromatic rings. The summed E-state index contributed by atoms with van der Waals surface area (Å²) >= 11 is 0. The van der Waals surface area contributed by atoms with Crippen molar-refractivity contribution in [3.63, 3.8) is 0 Å². The van der Waals surface area contributed by atoms with Crippen LogP contribution in [-0.2, 0) is 0 Å². The summed E-state index contributed by atoms with van der Waals surface area (Å²) in [6.07, 6.45) is 3.50. The lowest BCUT2D eigenvalue weighted by molar-refractivity contribution is 0.319. The molecule has 0 amide bonds. The molecule has 0 aromatic heterocycles. The highest BCUT2D eigenvalue weighted by Crippen LogP contribution is 2.34. The van der Waals surface area contributed by atoms with Gasteiger partial charge in [0.25, 0.3) is 0 Å². The summed E-state index contributed by atoms with van der Waals surface area (Å²) in [5.74, 6) is 1.66. The van der Waals surface area contributed by atoms with Crippen molar-refractivity contribution >= 4 is 11.4 Å². The normalized spacial score (nSPS) is 16.9. The molecular formula is C15H24N2O. The number of nitrogen functional groups attached to an aromatic ring is 1. The van der Waals surface area contributed by atoms with E-state index in [0.717, 1.165) is 49.2 Å². The van der Waals surface area contributed by atoms with E-state index in [0.29, 0.717) is 0 Å². The van der Waals surface area contributed by atoms with Gasteiger partial charge in [-0.1, -0.05) is 19.9 Å². The SMILES string of the molecule is CCCOc1cccc(N2CCC(C)CC2)c1N. The van der Waals surface area contributed by atoms with Gasteiger partial charge < -0.3 is 15.4 Å². The zero-order valence-electron chi connectivity index (χ0n) is 11.5. The van der Waals surface area contributed by atoms with Crippen LogP contribution in [0.1, 0.15) is 33.1 Å². The first-order chi connectivity index (χ1) is 8.72. The predicted octanol–water partition coefficient (Wildman–Crippen LogP) is 3.29. The van der Waals surface area contributed by atoms with Crippen LogP contribution in [0.4, 0.5) is 11.4 Å². The number of hydrogen-bond donors (Lipinski definition) is 1. The summed E-state index contributed by atoms with van der Waals surface area (Å²) in [7, 11) is 0. The fraction of sp³-hybridized carbons (Fsp3) is 0.600. The Labute approximate surface area is 110 Å². The van der Waals surface area contributed by atoms with Gasteiger partial charge in [0, 0.05) is 13.1 Å². The van der Waals surface area contributed by atoms with Crippen molar-refractivity contribution in [3.8, 4) is 5.75 Å². The molecule has 0 spiro atoms. The van der Waals surface area contributed by atoms with Gasteiger partial charge in [0.15, 0.2) is 0 Å². The molecule has 2 N–H and O–H groups in total. The van der Waals surface area contributed by atoms with E-state index in [1.165, 1.54) is 12.8 Å². The smallest absolute Gasteiger partial charge is 0.144 e. The lowest BCUT2D eigenvalue weighted by atomic mass is 9.98. The van der Waals surface area contributed by atoms with Crippen LogP contribution in [0.25, 0.3) is 0 Å². The lowest BCUT2D eigenvalue weighted by Gasteiger charge is -2.33. The summed E-state index contributed by atoms with van der Waals surface area (Å²) in [6.45, 7) is 7.35. The second-order valence-corrected chi connectivity index (χ2v) is 5.21. The number of ether oxygens (including phenoxy) is 1. The van der Waals surface area contributed by atoms with Gasteiger partial charge in [0.1, 0.15) is 5.75 Å². The average molecular weight is 248 g/mol. The van der Waals surface area contributed by atoms with Crippen LogP contribution in [0.2, 0.25) is 0 Å². The molecule has 1 aromatic carbocycles. The topological polar surface area (TPSA) is 38.5 Å². The number of rotatable bonds is 4. The van der Waals surface area contributed by atoms with Gasteiger partial charge in [-0.15, -0.1) is 0 Å². The van der Waals surface area contributed by atoms with E-state index in [1.807, 2.05) is 12.1 Å². The van der Waals surface area contributed by atoms with Gasteiger partial charge in [0.2, 0.25) is 0 Å². The molecule has 1 aliphatic rings. The Morgan fingerprint density at radius 2 is 2.06 bits per heavy atom. The highest BCUT2D eigenvalue weighted by molar-refractivity contribution is 5.74. The van der Waals surface area contributed by atoms with Crippen molar-refractivity contribution in [1.82, 2.24) is 0 Å². The van der Waals surface area contributed by atoms with Gasteiger partial charge in [-0.2, -0.15) is 0 Å². The van der Waals surface area contributed by atoms with E-state index in [4.69, 9.17) is 10.5 Å². The summed E-state index contributed by atoms with van der Waals surface area (Å²) < 4.78 is 5.69. The molecule has 18 heavy (non-hydrogen) atoms. The zero-order valence-corrected chi connectivity index (χ0v) is 11.5. The first-order valence-corrected chi connectivity index (χ1v) is 6.98. The third-order valence-corrected chi connectivity index (χ3v) is 3.63. The Bertz CT molecular complexity index is 384. The molecule has 100 valence electrons. The standard InChI is InChI=1S/C15H24N2O/c1-3-11-18-14-6-4-5-13(15(14)16)17-9-7-12(2)8-10-17/h4-6,12H,3,7-11,16H2,1-2H3. The lowest BCUT2D eigenvalue weighted by Crippen LogP contribution is -2.33. The van der Waals surface area contributed by atoms with Crippen molar-refractivity contribution in [2.75, 3.05) is 30.3 Å².